The van der Waals surface area contributed by atoms with Crippen molar-refractivity contribution < 1.29 is 13.6 Å². The van der Waals surface area contributed by atoms with Gasteiger partial charge in [0.1, 0.15) is 17.3 Å². The SMILES string of the molecule is Cc1cc(C(=O)N(C)Cc2ccc(C)o2)c2ccc(F)cc2n1. The molecule has 0 aliphatic rings. The molecule has 0 aliphatic carbocycles. The number of carbonyl (C=O) groups excluding carboxylic acids is 1. The van der Waals surface area contributed by atoms with E-state index in [1.165, 1.54) is 12.1 Å². The quantitative estimate of drug-likeness (QED) is 0.738. The first-order chi connectivity index (χ1) is 10.9. The summed E-state index contributed by atoms with van der Waals surface area (Å²) in [5.74, 6) is 1.01. The molecule has 118 valence electrons. The lowest BCUT2D eigenvalue weighted by atomic mass is 10.1. The topological polar surface area (TPSA) is 46.3 Å². The van der Waals surface area contributed by atoms with Crippen LogP contribution in [0.3, 0.4) is 0 Å². The van der Waals surface area contributed by atoms with Crippen molar-refractivity contribution in [2.45, 2.75) is 20.4 Å². The molecule has 0 unspecified atom stereocenters. The zero-order valence-corrected chi connectivity index (χ0v) is 13.3. The first-order valence-electron chi connectivity index (χ1n) is 7.32. The summed E-state index contributed by atoms with van der Waals surface area (Å²) in [6.07, 6.45) is 0. The van der Waals surface area contributed by atoms with Crippen LogP contribution in [-0.4, -0.2) is 22.8 Å². The number of amides is 1. The van der Waals surface area contributed by atoms with Crippen molar-refractivity contribution in [3.8, 4) is 0 Å². The fraction of sp³-hybridized carbons (Fsp3) is 0.222. The Hall–Kier alpha value is -2.69. The second kappa shape index (κ2) is 5.83. The molecule has 3 rings (SSSR count). The van der Waals surface area contributed by atoms with E-state index in [4.69, 9.17) is 4.42 Å². The van der Waals surface area contributed by atoms with Gasteiger partial charge in [0.15, 0.2) is 0 Å². The first-order valence-corrected chi connectivity index (χ1v) is 7.32. The Kier molecular flexibility index (Phi) is 3.86. The molecule has 2 heterocycles. The number of hydrogen-bond donors (Lipinski definition) is 0. The minimum Gasteiger partial charge on any atom is -0.464 e. The highest BCUT2D eigenvalue weighted by atomic mass is 19.1. The number of fused-ring (bicyclic) bond motifs is 1. The minimum atomic E-state index is -0.367. The van der Waals surface area contributed by atoms with E-state index >= 15 is 0 Å². The fourth-order valence-electron chi connectivity index (χ4n) is 2.59. The van der Waals surface area contributed by atoms with Crippen molar-refractivity contribution in [1.82, 2.24) is 9.88 Å². The van der Waals surface area contributed by atoms with Crippen molar-refractivity contribution in [3.05, 3.63) is 65.0 Å². The maximum Gasteiger partial charge on any atom is 0.254 e. The van der Waals surface area contributed by atoms with Gasteiger partial charge in [-0.15, -0.1) is 0 Å². The molecular formula is C18H17FN2O2. The molecule has 1 aromatic carbocycles. The number of aryl methyl sites for hydroxylation is 2. The monoisotopic (exact) mass is 312 g/mol. The summed E-state index contributed by atoms with van der Waals surface area (Å²) in [6.45, 7) is 4.02. The van der Waals surface area contributed by atoms with Gasteiger partial charge in [0.25, 0.3) is 5.91 Å². The Balaban J connectivity index is 1.96. The van der Waals surface area contributed by atoms with Crippen molar-refractivity contribution in [1.29, 1.82) is 0 Å². The molecule has 3 aromatic rings. The summed E-state index contributed by atoms with van der Waals surface area (Å²) in [5, 5.41) is 0.643. The average Bonchev–Trinajstić information content (AvgIpc) is 2.90. The van der Waals surface area contributed by atoms with Gasteiger partial charge < -0.3 is 9.32 Å². The third-order valence-corrected chi connectivity index (χ3v) is 3.67. The van der Waals surface area contributed by atoms with E-state index in [1.807, 2.05) is 19.1 Å². The molecule has 5 heteroatoms. The van der Waals surface area contributed by atoms with Gasteiger partial charge in [-0.1, -0.05) is 0 Å². The summed E-state index contributed by atoms with van der Waals surface area (Å²) in [6, 6.07) is 9.72. The Morgan fingerprint density at radius 3 is 2.70 bits per heavy atom. The van der Waals surface area contributed by atoms with Crippen LogP contribution in [-0.2, 0) is 6.54 Å². The van der Waals surface area contributed by atoms with E-state index in [0.717, 1.165) is 11.5 Å². The highest BCUT2D eigenvalue weighted by Gasteiger charge is 2.17. The minimum absolute atomic E-state index is 0.152. The zero-order chi connectivity index (χ0) is 16.6. The standard InChI is InChI=1S/C18H17FN2O2/c1-11-8-16(15-7-5-13(19)9-17(15)20-11)18(22)21(3)10-14-6-4-12(2)23-14/h4-9H,10H2,1-3H3. The second-order valence-electron chi connectivity index (χ2n) is 5.65. The number of furan rings is 1. The van der Waals surface area contributed by atoms with Crippen LogP contribution in [0.2, 0.25) is 0 Å². The molecule has 0 saturated carbocycles. The maximum absolute atomic E-state index is 13.4. The number of pyridine rings is 1. The number of carbonyl (C=O) groups is 1. The van der Waals surface area contributed by atoms with Crippen LogP contribution >= 0.6 is 0 Å². The van der Waals surface area contributed by atoms with E-state index in [2.05, 4.69) is 4.98 Å². The van der Waals surface area contributed by atoms with Gasteiger partial charge in [-0.25, -0.2) is 4.39 Å². The molecule has 0 aliphatic heterocycles. The normalized spacial score (nSPS) is 11.0. The molecule has 0 bridgehead atoms. The fourth-order valence-corrected chi connectivity index (χ4v) is 2.59. The smallest absolute Gasteiger partial charge is 0.254 e. The van der Waals surface area contributed by atoms with Gasteiger partial charge in [0.05, 0.1) is 17.6 Å². The van der Waals surface area contributed by atoms with Gasteiger partial charge in [0, 0.05) is 24.2 Å². The summed E-state index contributed by atoms with van der Waals surface area (Å²) in [7, 11) is 1.71. The lowest BCUT2D eigenvalue weighted by molar-refractivity contribution is 0.0776. The van der Waals surface area contributed by atoms with Crippen LogP contribution < -0.4 is 0 Å². The predicted octanol–water partition coefficient (Wildman–Crippen LogP) is 3.86. The van der Waals surface area contributed by atoms with Gasteiger partial charge in [-0.05, 0) is 44.2 Å². The van der Waals surface area contributed by atoms with E-state index in [-0.39, 0.29) is 11.7 Å². The third-order valence-electron chi connectivity index (χ3n) is 3.67. The summed E-state index contributed by atoms with van der Waals surface area (Å²) < 4.78 is 18.9. The van der Waals surface area contributed by atoms with E-state index < -0.39 is 0 Å². The van der Waals surface area contributed by atoms with Crippen LogP contribution in [0, 0.1) is 19.7 Å². The lowest BCUT2D eigenvalue weighted by Gasteiger charge is -2.17. The Labute approximate surface area is 133 Å². The Morgan fingerprint density at radius 1 is 1.22 bits per heavy atom. The Bertz CT molecular complexity index is 881. The maximum atomic E-state index is 13.4. The first kappa shape index (κ1) is 15.2. The van der Waals surface area contributed by atoms with Gasteiger partial charge in [-0.3, -0.25) is 9.78 Å². The molecule has 0 saturated heterocycles. The van der Waals surface area contributed by atoms with E-state index in [1.54, 1.807) is 31.0 Å². The second-order valence-corrected chi connectivity index (χ2v) is 5.65. The number of hydrogen-bond acceptors (Lipinski definition) is 3. The number of nitrogens with zero attached hydrogens (tertiary/aromatic N) is 2. The number of aromatic nitrogens is 1. The lowest BCUT2D eigenvalue weighted by Crippen LogP contribution is -2.26. The van der Waals surface area contributed by atoms with Gasteiger partial charge >= 0.3 is 0 Å². The summed E-state index contributed by atoms with van der Waals surface area (Å²) in [4.78, 5) is 18.6. The predicted molar refractivity (Wildman–Crippen MR) is 85.7 cm³/mol. The number of benzene rings is 1. The molecule has 1 amide bonds. The van der Waals surface area contributed by atoms with Crippen molar-refractivity contribution in [2.75, 3.05) is 7.05 Å². The van der Waals surface area contributed by atoms with Crippen LogP contribution in [0.4, 0.5) is 4.39 Å². The van der Waals surface area contributed by atoms with Crippen LogP contribution in [0.25, 0.3) is 10.9 Å². The average molecular weight is 312 g/mol. The number of rotatable bonds is 3. The van der Waals surface area contributed by atoms with Crippen LogP contribution in [0.1, 0.15) is 27.6 Å². The van der Waals surface area contributed by atoms with E-state index in [0.29, 0.717) is 28.7 Å². The highest BCUT2D eigenvalue weighted by molar-refractivity contribution is 6.06. The van der Waals surface area contributed by atoms with E-state index in [9.17, 15) is 9.18 Å². The molecule has 23 heavy (non-hydrogen) atoms. The van der Waals surface area contributed by atoms with Crippen LogP contribution in [0.5, 0.6) is 0 Å². The molecule has 0 fully saturated rings. The number of halogens is 1. The molecular weight excluding hydrogens is 295 g/mol. The molecule has 4 nitrogen and oxygen atoms in total. The molecule has 0 atom stereocenters. The Morgan fingerprint density at radius 2 is 2.00 bits per heavy atom. The van der Waals surface area contributed by atoms with Gasteiger partial charge in [-0.2, -0.15) is 0 Å². The van der Waals surface area contributed by atoms with Gasteiger partial charge in [0.2, 0.25) is 0 Å². The zero-order valence-electron chi connectivity index (χ0n) is 13.3. The molecule has 0 spiro atoms. The molecule has 2 aromatic heterocycles. The summed E-state index contributed by atoms with van der Waals surface area (Å²) in [5.41, 5.74) is 1.67. The van der Waals surface area contributed by atoms with Crippen molar-refractivity contribution in [2.24, 2.45) is 0 Å². The van der Waals surface area contributed by atoms with Crippen LogP contribution in [0.15, 0.2) is 40.8 Å². The highest BCUT2D eigenvalue weighted by Crippen LogP contribution is 2.21. The molecule has 0 radical (unpaired) electrons. The van der Waals surface area contributed by atoms with Crippen molar-refractivity contribution in [3.63, 3.8) is 0 Å². The summed E-state index contributed by atoms with van der Waals surface area (Å²) >= 11 is 0. The third kappa shape index (κ3) is 3.08. The molecule has 0 N–H and O–H groups in total. The largest absolute Gasteiger partial charge is 0.464 e. The van der Waals surface area contributed by atoms with Crippen molar-refractivity contribution >= 4 is 16.8 Å².